The van der Waals surface area contributed by atoms with Crippen LogP contribution in [-0.4, -0.2) is 33.7 Å². The largest absolute Gasteiger partial charge is 0.481 e. The number of nitriles is 1. The van der Waals surface area contributed by atoms with Crippen molar-refractivity contribution in [1.82, 2.24) is 14.9 Å². The molecule has 8 heteroatoms. The van der Waals surface area contributed by atoms with Crippen molar-refractivity contribution in [3.8, 4) is 17.3 Å². The topological polar surface area (TPSA) is 90.9 Å². The highest BCUT2D eigenvalue weighted by Crippen LogP contribution is 2.37. The number of piperidine rings is 1. The van der Waals surface area contributed by atoms with Gasteiger partial charge in [0.1, 0.15) is 5.82 Å². The lowest BCUT2D eigenvalue weighted by molar-refractivity contribution is -0.142. The Morgan fingerprint density at radius 2 is 1.77 bits per heavy atom. The molecule has 0 unspecified atom stereocenters. The minimum atomic E-state index is -0.673. The zero-order chi connectivity index (χ0) is 20.4. The lowest BCUT2D eigenvalue weighted by Gasteiger charge is -2.31. The van der Waals surface area contributed by atoms with Gasteiger partial charge in [-0.15, -0.1) is 24.8 Å². The number of nitrogens with zero attached hydrogens (tertiary/aromatic N) is 3. The third-order valence-electron chi connectivity index (χ3n) is 6.76. The fourth-order valence-electron chi connectivity index (χ4n) is 4.88. The quantitative estimate of drug-likeness (QED) is 0.697. The highest BCUT2D eigenvalue weighted by molar-refractivity contribution is 5.85. The molecule has 2 heterocycles. The predicted octanol–water partition coefficient (Wildman–Crippen LogP) is 4.43. The summed E-state index contributed by atoms with van der Waals surface area (Å²) in [6.45, 7) is 1.76. The van der Waals surface area contributed by atoms with Crippen molar-refractivity contribution in [1.29, 1.82) is 5.26 Å². The fraction of sp³-hybridized carbons (Fsp3) is 0.522. The van der Waals surface area contributed by atoms with Crippen molar-refractivity contribution in [3.05, 3.63) is 41.9 Å². The van der Waals surface area contributed by atoms with Gasteiger partial charge in [-0.25, -0.2) is 4.98 Å². The van der Waals surface area contributed by atoms with Crippen molar-refractivity contribution >= 4 is 30.8 Å². The first-order valence-electron chi connectivity index (χ1n) is 10.5. The average Bonchev–Trinajstić information content (AvgIpc) is 3.16. The van der Waals surface area contributed by atoms with E-state index in [1.807, 2.05) is 7.05 Å². The zero-order valence-electron chi connectivity index (χ0n) is 17.7. The average molecular weight is 465 g/mol. The van der Waals surface area contributed by atoms with Gasteiger partial charge < -0.3 is 15.0 Å². The Hall–Kier alpha value is -2.07. The number of aliphatic carboxylic acids is 1. The summed E-state index contributed by atoms with van der Waals surface area (Å²) >= 11 is 0. The van der Waals surface area contributed by atoms with Gasteiger partial charge in [-0.2, -0.15) is 5.26 Å². The molecule has 1 saturated heterocycles. The summed E-state index contributed by atoms with van der Waals surface area (Å²) in [6.07, 6.45) is 6.94. The summed E-state index contributed by atoms with van der Waals surface area (Å²) in [5.74, 6) is 0.480. The van der Waals surface area contributed by atoms with Crippen molar-refractivity contribution in [3.63, 3.8) is 0 Å². The summed E-state index contributed by atoms with van der Waals surface area (Å²) in [6, 6.07) is 10.9. The van der Waals surface area contributed by atoms with Crippen LogP contribution in [0, 0.1) is 17.2 Å². The molecule has 31 heavy (non-hydrogen) atoms. The molecule has 1 aliphatic carbocycles. The maximum atomic E-state index is 11.2. The molecule has 2 N–H and O–H groups in total. The molecule has 168 valence electrons. The first kappa shape index (κ1) is 25.2. The van der Waals surface area contributed by atoms with E-state index in [1.54, 1.807) is 0 Å². The molecule has 1 aromatic heterocycles. The molecule has 0 radical (unpaired) electrons. The van der Waals surface area contributed by atoms with E-state index < -0.39 is 5.97 Å². The van der Waals surface area contributed by atoms with Crippen LogP contribution in [0.25, 0.3) is 11.3 Å². The highest BCUT2D eigenvalue weighted by atomic mass is 35.5. The standard InChI is InChI=1S/C23H28N4O2.2ClH/c1-27-14-20(26-21(27)17-2-4-18(5-3-17)22(28)29)16-6-8-19(9-7-16)23(15-24)10-12-25-13-11-23;;/h6-9,14,17-18,25H,2-5,10-13H2,1H3,(H,28,29);2*1H. The molecule has 1 aliphatic heterocycles. The van der Waals surface area contributed by atoms with Crippen LogP contribution < -0.4 is 5.32 Å². The lowest BCUT2D eigenvalue weighted by atomic mass is 9.74. The predicted molar refractivity (Wildman–Crippen MR) is 125 cm³/mol. The molecule has 1 aromatic carbocycles. The maximum absolute atomic E-state index is 11.2. The van der Waals surface area contributed by atoms with Gasteiger partial charge in [0.05, 0.1) is 23.1 Å². The Kier molecular flexibility index (Phi) is 8.53. The van der Waals surface area contributed by atoms with Gasteiger partial charge in [0.15, 0.2) is 0 Å². The van der Waals surface area contributed by atoms with E-state index in [0.717, 1.165) is 74.3 Å². The van der Waals surface area contributed by atoms with E-state index in [9.17, 15) is 15.2 Å². The molecule has 0 spiro atoms. The van der Waals surface area contributed by atoms with Crippen LogP contribution in [0.3, 0.4) is 0 Å². The number of carboxylic acid groups (broad SMARTS) is 1. The number of rotatable bonds is 4. The highest BCUT2D eigenvalue weighted by Gasteiger charge is 2.34. The van der Waals surface area contributed by atoms with E-state index in [4.69, 9.17) is 4.98 Å². The molecule has 0 atom stereocenters. The molecular weight excluding hydrogens is 435 g/mol. The number of carboxylic acids is 1. The van der Waals surface area contributed by atoms with Gasteiger partial charge >= 0.3 is 5.97 Å². The SMILES string of the molecule is Cl.Cl.Cn1cc(-c2ccc(C3(C#N)CCNCC3)cc2)nc1C1CCC(C(=O)O)CC1. The minimum absolute atomic E-state index is 0. The first-order chi connectivity index (χ1) is 14.0. The molecule has 2 fully saturated rings. The van der Waals surface area contributed by atoms with Crippen LogP contribution in [0.15, 0.2) is 30.5 Å². The summed E-state index contributed by atoms with van der Waals surface area (Å²) in [5.41, 5.74) is 2.69. The van der Waals surface area contributed by atoms with Crippen LogP contribution in [0.5, 0.6) is 0 Å². The number of hydrogen-bond acceptors (Lipinski definition) is 4. The number of benzene rings is 1. The smallest absolute Gasteiger partial charge is 0.306 e. The number of carbonyl (C=O) groups is 1. The van der Waals surface area contributed by atoms with Gasteiger partial charge in [0.25, 0.3) is 0 Å². The van der Waals surface area contributed by atoms with Crippen LogP contribution in [0.4, 0.5) is 0 Å². The lowest BCUT2D eigenvalue weighted by Crippen LogP contribution is -2.38. The second kappa shape index (κ2) is 10.5. The van der Waals surface area contributed by atoms with Crippen LogP contribution in [0.1, 0.15) is 55.8 Å². The normalized spacial score (nSPS) is 22.5. The zero-order valence-corrected chi connectivity index (χ0v) is 19.3. The molecule has 0 bridgehead atoms. The Labute approximate surface area is 195 Å². The third-order valence-corrected chi connectivity index (χ3v) is 6.76. The molecule has 2 aromatic rings. The molecule has 2 aliphatic rings. The van der Waals surface area contributed by atoms with Crippen molar-refractivity contribution in [2.75, 3.05) is 13.1 Å². The van der Waals surface area contributed by atoms with Crippen molar-refractivity contribution < 1.29 is 9.90 Å². The molecular formula is C23H30Cl2N4O2. The van der Waals surface area contributed by atoms with E-state index in [-0.39, 0.29) is 36.1 Å². The van der Waals surface area contributed by atoms with Crippen LogP contribution >= 0.6 is 24.8 Å². The monoisotopic (exact) mass is 464 g/mol. The first-order valence-corrected chi connectivity index (χ1v) is 10.5. The number of hydrogen-bond donors (Lipinski definition) is 2. The Morgan fingerprint density at radius 3 is 2.32 bits per heavy atom. The van der Waals surface area contributed by atoms with Crippen molar-refractivity contribution in [2.45, 2.75) is 49.9 Å². The molecule has 1 saturated carbocycles. The number of nitrogens with one attached hydrogen (secondary N) is 1. The number of imidazole rings is 1. The summed E-state index contributed by atoms with van der Waals surface area (Å²) in [4.78, 5) is 16.1. The summed E-state index contributed by atoms with van der Waals surface area (Å²) < 4.78 is 2.08. The molecule has 0 amide bonds. The fourth-order valence-corrected chi connectivity index (χ4v) is 4.88. The van der Waals surface area contributed by atoms with Gasteiger partial charge in [-0.3, -0.25) is 4.79 Å². The third kappa shape index (κ3) is 5.06. The van der Waals surface area contributed by atoms with E-state index in [2.05, 4.69) is 46.4 Å². The Morgan fingerprint density at radius 1 is 1.16 bits per heavy atom. The Balaban J connectivity index is 0.00000171. The van der Waals surface area contributed by atoms with Crippen LogP contribution in [-0.2, 0) is 17.3 Å². The number of aryl methyl sites for hydroxylation is 1. The van der Waals surface area contributed by atoms with E-state index >= 15 is 0 Å². The van der Waals surface area contributed by atoms with E-state index in [0.29, 0.717) is 5.92 Å². The summed E-state index contributed by atoms with van der Waals surface area (Å²) in [5, 5.41) is 22.3. The van der Waals surface area contributed by atoms with Gasteiger partial charge in [-0.1, -0.05) is 24.3 Å². The van der Waals surface area contributed by atoms with Gasteiger partial charge in [-0.05, 0) is 57.2 Å². The molecule has 4 rings (SSSR count). The van der Waals surface area contributed by atoms with Gasteiger partial charge in [0.2, 0.25) is 0 Å². The number of halogens is 2. The maximum Gasteiger partial charge on any atom is 0.306 e. The van der Waals surface area contributed by atoms with Crippen LogP contribution in [0.2, 0.25) is 0 Å². The second-order valence-corrected chi connectivity index (χ2v) is 8.50. The minimum Gasteiger partial charge on any atom is -0.481 e. The van der Waals surface area contributed by atoms with Crippen molar-refractivity contribution in [2.24, 2.45) is 13.0 Å². The van der Waals surface area contributed by atoms with Gasteiger partial charge in [0, 0.05) is 24.7 Å². The van der Waals surface area contributed by atoms with E-state index in [1.165, 1.54) is 0 Å². The number of aromatic nitrogens is 2. The summed E-state index contributed by atoms with van der Waals surface area (Å²) in [7, 11) is 2.02. The molecule has 6 nitrogen and oxygen atoms in total. The second-order valence-electron chi connectivity index (χ2n) is 8.50. The Bertz CT molecular complexity index is 922.